The third-order valence-corrected chi connectivity index (χ3v) is 10.8. The fraction of sp³-hybridized carbons (Fsp3) is 0.426. The molecule has 0 aliphatic rings. The molecule has 0 fully saturated rings. The van der Waals surface area contributed by atoms with E-state index in [9.17, 15) is 14.4 Å². The number of esters is 3. The van der Waals surface area contributed by atoms with Gasteiger partial charge in [0.05, 0.1) is 6.61 Å². The van der Waals surface area contributed by atoms with Crippen LogP contribution in [0.4, 0.5) is 0 Å². The molecule has 0 amide bonds. The van der Waals surface area contributed by atoms with Gasteiger partial charge in [-0.15, -0.1) is 0 Å². The number of unbranched alkanes of at least 4 members (excludes halogenated alkanes) is 3. The molecule has 74 heavy (non-hydrogen) atoms. The Morgan fingerprint density at radius 3 is 0.919 bits per heavy atom. The zero-order valence-corrected chi connectivity index (χ0v) is 45.9. The predicted octanol–water partition coefficient (Wildman–Crippen LogP) is 19.3. The topological polar surface area (TPSA) is 78.9 Å². The summed E-state index contributed by atoms with van der Waals surface area (Å²) in [5.74, 6) is -0.640. The van der Waals surface area contributed by atoms with Gasteiger partial charge in [-0.25, -0.2) is 0 Å². The Kier molecular flexibility index (Phi) is 47.1. The number of ether oxygens (including phenoxy) is 3. The van der Waals surface area contributed by atoms with Crippen molar-refractivity contribution in [3.8, 4) is 11.5 Å². The van der Waals surface area contributed by atoms with E-state index in [1.807, 2.05) is 6.07 Å². The zero-order valence-electron chi connectivity index (χ0n) is 45.9. The maximum absolute atomic E-state index is 13.1. The van der Waals surface area contributed by atoms with Gasteiger partial charge in [-0.1, -0.05) is 209 Å². The summed E-state index contributed by atoms with van der Waals surface area (Å²) in [5, 5.41) is 0. The third kappa shape index (κ3) is 45.6. The molecule has 0 aliphatic carbocycles. The first-order valence-electron chi connectivity index (χ1n) is 27.9. The third-order valence-electron chi connectivity index (χ3n) is 10.8. The van der Waals surface area contributed by atoms with Gasteiger partial charge in [-0.3, -0.25) is 14.4 Å². The molecule has 1 rings (SSSR count). The number of hydrogen-bond acceptors (Lipinski definition) is 6. The molecule has 0 heterocycles. The van der Waals surface area contributed by atoms with Gasteiger partial charge >= 0.3 is 17.9 Å². The number of benzene rings is 1. The fourth-order valence-corrected chi connectivity index (χ4v) is 6.77. The van der Waals surface area contributed by atoms with Gasteiger partial charge in [0.1, 0.15) is 0 Å². The van der Waals surface area contributed by atoms with E-state index in [4.69, 9.17) is 14.2 Å². The van der Waals surface area contributed by atoms with E-state index in [1.165, 1.54) is 0 Å². The number of carbonyl (C=O) groups is 3. The Morgan fingerprint density at radius 2 is 0.608 bits per heavy atom. The summed E-state index contributed by atoms with van der Waals surface area (Å²) in [6.07, 6.45) is 84.9. The average Bonchev–Trinajstić information content (AvgIpc) is 3.39. The van der Waals surface area contributed by atoms with Crippen molar-refractivity contribution in [2.45, 2.75) is 181 Å². The van der Waals surface area contributed by atoms with E-state index < -0.39 is 5.97 Å². The van der Waals surface area contributed by atoms with Crippen LogP contribution in [0.2, 0.25) is 0 Å². The maximum atomic E-state index is 13.1. The Labute approximate surface area is 450 Å². The molecule has 0 atom stereocenters. The van der Waals surface area contributed by atoms with Crippen molar-refractivity contribution in [2.24, 2.45) is 0 Å². The Morgan fingerprint density at radius 1 is 0.338 bits per heavy atom. The standard InChI is InChI=1S/C68H94O6/c1-4-7-10-13-16-19-22-25-28-31-34-37-40-43-46-49-52-55-66(69)72-61-60-63-58-59-64(73-67(70)56-53-50-47-44-41-38-35-32-29-26-23-20-17-14-11-8-5-2)65(62-63)74-68(71)57-54-51-48-45-42-39-36-33-30-27-24-21-18-15-12-9-6-3/h7-12,16-21,25-30,34-39,43-48,58-59,62H,4-6,13-15,22-24,31-33,40-42,49-57,60-61H2,1-3H3/b10-7-,11-8-,12-9-,19-16-,20-17-,21-18-,28-25-,29-26-,30-27-,37-34-,38-35-,39-36-,46-43-,47-44-,48-45-. The fourth-order valence-electron chi connectivity index (χ4n) is 6.77. The van der Waals surface area contributed by atoms with Crippen LogP contribution in [0.3, 0.4) is 0 Å². The molecule has 0 radical (unpaired) electrons. The molecule has 0 saturated carbocycles. The van der Waals surface area contributed by atoms with E-state index in [1.54, 1.807) is 12.1 Å². The zero-order chi connectivity index (χ0) is 53.3. The van der Waals surface area contributed by atoms with Crippen molar-refractivity contribution in [1.29, 1.82) is 0 Å². The molecule has 1 aromatic rings. The van der Waals surface area contributed by atoms with Crippen LogP contribution in [-0.2, 0) is 25.5 Å². The molecular formula is C68H94O6. The minimum Gasteiger partial charge on any atom is -0.465 e. The van der Waals surface area contributed by atoms with Crippen LogP contribution in [0.25, 0.3) is 0 Å². The van der Waals surface area contributed by atoms with Crippen molar-refractivity contribution in [3.05, 3.63) is 206 Å². The molecule has 0 N–H and O–H groups in total. The summed E-state index contributed by atoms with van der Waals surface area (Å²) in [7, 11) is 0. The SMILES string of the molecule is CC/C=C\C/C=C\C/C=C\C/C=C\C/C=C\CCCC(=O)OCCc1ccc(OC(=O)CCC/C=C\C/C=C\C/C=C\C/C=C\C/C=C\CC)c(OC(=O)CCC/C=C\C/C=C\C/C=C\C/C=C\C/C=C\CC)c1. The quantitative estimate of drug-likeness (QED) is 0.0280. The predicted molar refractivity (Wildman–Crippen MR) is 317 cm³/mol. The monoisotopic (exact) mass is 1010 g/mol. The van der Waals surface area contributed by atoms with Crippen molar-refractivity contribution >= 4 is 17.9 Å². The highest BCUT2D eigenvalue weighted by molar-refractivity contribution is 5.76. The van der Waals surface area contributed by atoms with Gasteiger partial charge in [0, 0.05) is 25.7 Å². The first kappa shape index (κ1) is 65.7. The van der Waals surface area contributed by atoms with Gasteiger partial charge in [0.15, 0.2) is 11.5 Å². The molecule has 402 valence electrons. The van der Waals surface area contributed by atoms with E-state index in [0.717, 1.165) is 121 Å². The molecule has 1 aromatic carbocycles. The van der Waals surface area contributed by atoms with E-state index in [0.29, 0.717) is 32.1 Å². The summed E-state index contributed by atoms with van der Waals surface area (Å²) in [6, 6.07) is 5.17. The van der Waals surface area contributed by atoms with Crippen molar-refractivity contribution in [3.63, 3.8) is 0 Å². The largest absolute Gasteiger partial charge is 0.465 e. The highest BCUT2D eigenvalue weighted by Gasteiger charge is 2.15. The van der Waals surface area contributed by atoms with Crippen LogP contribution in [0, 0.1) is 0 Å². The van der Waals surface area contributed by atoms with Gasteiger partial charge in [-0.2, -0.15) is 0 Å². The molecule has 0 saturated heterocycles. The highest BCUT2D eigenvalue weighted by atomic mass is 16.6. The molecule has 0 aromatic heterocycles. The molecule has 0 aliphatic heterocycles. The number of carbonyl (C=O) groups excluding carboxylic acids is 3. The number of allylic oxidation sites excluding steroid dienone is 30. The van der Waals surface area contributed by atoms with Crippen LogP contribution in [0.15, 0.2) is 200 Å². The summed E-state index contributed by atoms with van der Waals surface area (Å²) in [4.78, 5) is 38.5. The van der Waals surface area contributed by atoms with Gasteiger partial charge in [-0.05, 0) is 153 Å². The Hall–Kier alpha value is -6.27. The van der Waals surface area contributed by atoms with Crippen LogP contribution in [0.5, 0.6) is 11.5 Å². The van der Waals surface area contributed by atoms with E-state index in [2.05, 4.69) is 203 Å². The van der Waals surface area contributed by atoms with Crippen molar-refractivity contribution < 1.29 is 28.6 Å². The smallest absolute Gasteiger partial charge is 0.311 e. The van der Waals surface area contributed by atoms with E-state index >= 15 is 0 Å². The molecular weight excluding hydrogens is 913 g/mol. The minimum absolute atomic E-state index is 0.191. The van der Waals surface area contributed by atoms with Crippen LogP contribution in [0.1, 0.15) is 180 Å². The summed E-state index contributed by atoms with van der Waals surface area (Å²) < 4.78 is 17.1. The Balaban J connectivity index is 2.60. The number of rotatable bonds is 44. The summed E-state index contributed by atoms with van der Waals surface area (Å²) in [5.41, 5.74) is 0.802. The molecule has 6 heteroatoms. The maximum Gasteiger partial charge on any atom is 0.311 e. The lowest BCUT2D eigenvalue weighted by molar-refractivity contribution is -0.143. The molecule has 0 unspecified atom stereocenters. The Bertz CT molecular complexity index is 2050. The molecule has 0 spiro atoms. The average molecular weight is 1010 g/mol. The lowest BCUT2D eigenvalue weighted by Crippen LogP contribution is -2.12. The minimum atomic E-state index is -0.399. The van der Waals surface area contributed by atoms with Gasteiger partial charge < -0.3 is 14.2 Å². The van der Waals surface area contributed by atoms with Crippen molar-refractivity contribution in [2.75, 3.05) is 6.61 Å². The van der Waals surface area contributed by atoms with Gasteiger partial charge in [0.2, 0.25) is 0 Å². The second-order valence-electron chi connectivity index (χ2n) is 17.5. The second-order valence-corrected chi connectivity index (χ2v) is 17.5. The lowest BCUT2D eigenvalue weighted by atomic mass is 10.1. The van der Waals surface area contributed by atoms with Gasteiger partial charge in [0.25, 0.3) is 0 Å². The van der Waals surface area contributed by atoms with Crippen LogP contribution in [-0.4, -0.2) is 24.5 Å². The summed E-state index contributed by atoms with van der Waals surface area (Å²) >= 11 is 0. The lowest BCUT2D eigenvalue weighted by Gasteiger charge is -2.13. The van der Waals surface area contributed by atoms with Crippen molar-refractivity contribution in [1.82, 2.24) is 0 Å². The van der Waals surface area contributed by atoms with Crippen LogP contribution < -0.4 is 9.47 Å². The van der Waals surface area contributed by atoms with Crippen LogP contribution >= 0.6 is 0 Å². The first-order chi connectivity index (χ1) is 36.5. The second kappa shape index (κ2) is 53.0. The normalized spacial score (nSPS) is 13.0. The molecule has 0 bridgehead atoms. The molecule has 6 nitrogen and oxygen atoms in total. The van der Waals surface area contributed by atoms with E-state index in [-0.39, 0.29) is 42.9 Å². The summed E-state index contributed by atoms with van der Waals surface area (Å²) in [6.45, 7) is 6.62. The first-order valence-corrected chi connectivity index (χ1v) is 27.9. The number of hydrogen-bond donors (Lipinski definition) is 0. The highest BCUT2D eigenvalue weighted by Crippen LogP contribution is 2.30.